The van der Waals surface area contributed by atoms with Crippen molar-refractivity contribution in [2.45, 2.75) is 84.0 Å². The molecule has 2 aromatic rings. The van der Waals surface area contributed by atoms with E-state index in [9.17, 15) is 4.79 Å². The van der Waals surface area contributed by atoms with Crippen LogP contribution in [0.3, 0.4) is 0 Å². The molecule has 0 N–H and O–H groups in total. The summed E-state index contributed by atoms with van der Waals surface area (Å²) in [4.78, 5) is 16.0. The molecule has 184 valence electrons. The molecule has 2 aliphatic rings. The zero-order chi connectivity index (χ0) is 26.3. The van der Waals surface area contributed by atoms with Gasteiger partial charge in [0, 0.05) is 0 Å². The molecule has 0 heterocycles. The number of amides is 1. The van der Waals surface area contributed by atoms with Gasteiger partial charge in [0.25, 0.3) is 0 Å². The van der Waals surface area contributed by atoms with Gasteiger partial charge in [-0.2, -0.15) is 5.26 Å². The Morgan fingerprint density at radius 1 is 1.06 bits per heavy atom. The Hall–Kier alpha value is -0.826. The molecule has 0 radical (unpaired) electrons. The number of carbonyl (C=O) groups excluding carboxylic acids is 1. The van der Waals surface area contributed by atoms with E-state index in [0.717, 1.165) is 43.2 Å². The zero-order valence-corrected chi connectivity index (χ0v) is 30.9. The van der Waals surface area contributed by atoms with Gasteiger partial charge in [-0.1, -0.05) is 12.1 Å². The minimum atomic E-state index is -1.05. The Morgan fingerprint density at radius 3 is 2.14 bits per heavy atom. The molecule has 0 aliphatic heterocycles. The van der Waals surface area contributed by atoms with Gasteiger partial charge in [0.05, 0.1) is 11.6 Å². The summed E-state index contributed by atoms with van der Waals surface area (Å²) in [7, 11) is 0. The standard InChI is InChI=1S/C30H35FN2O.2Tl/c1-20(2)30(4,19-31)26-12-9-24(10-13-26)29(34)33(27-14-15-27)28-16-11-25(17-21(28)3)23-7-5-22(18-32)6-8-23;;/h5-10,12-13,20-21,25,27-28H,11,14-17H2,1-4H3;;/t21-,25+,28-,30+;;/m1../s1. The Bertz CT molecular complexity index is 1120. The molecule has 3 nitrogen and oxygen atoms in total. The Morgan fingerprint density at radius 2 is 1.67 bits per heavy atom. The van der Waals surface area contributed by atoms with Crippen molar-refractivity contribution in [1.82, 2.24) is 4.90 Å². The van der Waals surface area contributed by atoms with Crippen LogP contribution in [-0.4, -0.2) is 75.2 Å². The molecule has 2 aliphatic carbocycles. The number of nitrogens with zero attached hydrogens (tertiary/aromatic N) is 2. The molecule has 4 rings (SSSR count). The fraction of sp³-hybridized carbons (Fsp3) is 0.533. The molecule has 0 bridgehead atoms. The zero-order valence-electron chi connectivity index (χ0n) is 21.9. The molecule has 0 saturated heterocycles. The molecule has 4 atom stereocenters. The molecule has 2 aromatic carbocycles. The monoisotopic (exact) mass is 868 g/mol. The van der Waals surface area contributed by atoms with Crippen molar-refractivity contribution >= 4 is 57.4 Å². The second-order valence-corrected chi connectivity index (χ2v) is 28.0. The van der Waals surface area contributed by atoms with E-state index in [1.54, 1.807) is 0 Å². The summed E-state index contributed by atoms with van der Waals surface area (Å²) in [6.07, 6.45) is 5.30. The number of halogens is 1. The molecule has 0 unspecified atom stereocenters. The maximum absolute atomic E-state index is 15.4. The van der Waals surface area contributed by atoms with Gasteiger partial charge in [-0.3, -0.25) is 0 Å². The summed E-state index contributed by atoms with van der Waals surface area (Å²) in [5.41, 5.74) is 3.27. The first-order chi connectivity index (χ1) is 17.0. The summed E-state index contributed by atoms with van der Waals surface area (Å²) < 4.78 is 14.4. The van der Waals surface area contributed by atoms with Crippen molar-refractivity contribution in [3.63, 3.8) is 0 Å². The van der Waals surface area contributed by atoms with Crippen LogP contribution in [0.4, 0.5) is 4.39 Å². The Labute approximate surface area is 247 Å². The second-order valence-electron chi connectivity index (χ2n) is 11.4. The van der Waals surface area contributed by atoms with E-state index in [4.69, 9.17) is 5.26 Å². The molecule has 0 spiro atoms. The summed E-state index contributed by atoms with van der Waals surface area (Å²) in [5.74, 6) is 1.23. The van der Waals surface area contributed by atoms with E-state index in [1.165, 1.54) is 5.56 Å². The SMILES string of the molecule is CC(C)[C@@](C)(c1ccc(C(=O)N(C2CC2)[C@@H]2CC[C@H](c3ccc(C#N)cc3)C[C@H]2C)cc1)[C](F)([Tl])[Tl]. The van der Waals surface area contributed by atoms with Crippen LogP contribution in [0.25, 0.3) is 0 Å². The molecule has 2 saturated carbocycles. The molecule has 1 amide bonds. The number of rotatable bonds is 7. The van der Waals surface area contributed by atoms with Crippen molar-refractivity contribution in [2.24, 2.45) is 11.8 Å². The summed E-state index contributed by atoms with van der Waals surface area (Å²) in [6.45, 7) is 8.59. The average Bonchev–Trinajstić information content (AvgIpc) is 3.69. The number of alkyl halides is 1. The van der Waals surface area contributed by atoms with Crippen LogP contribution in [0.2, 0.25) is 0 Å². The average molecular weight is 867 g/mol. The Kier molecular flexibility index (Phi) is 8.70. The summed E-state index contributed by atoms with van der Waals surface area (Å²) >= 11 is 0.569. The van der Waals surface area contributed by atoms with E-state index < -0.39 is 6.20 Å². The number of benzene rings is 2. The van der Waals surface area contributed by atoms with E-state index >= 15 is 4.39 Å². The summed E-state index contributed by atoms with van der Waals surface area (Å²) in [6, 6.07) is 18.7. The third-order valence-corrected chi connectivity index (χ3v) is 13.5. The first-order valence-corrected chi connectivity index (χ1v) is 17.7. The third kappa shape index (κ3) is 5.62. The normalized spacial score (nSPS) is 24.0. The van der Waals surface area contributed by atoms with Crippen molar-refractivity contribution in [1.29, 1.82) is 5.26 Å². The van der Waals surface area contributed by atoms with Gasteiger partial charge in [-0.05, 0) is 17.7 Å². The molecule has 36 heavy (non-hydrogen) atoms. The van der Waals surface area contributed by atoms with Gasteiger partial charge in [0.2, 0.25) is 0 Å². The minimum absolute atomic E-state index is 0.135. The second kappa shape index (κ2) is 11.1. The van der Waals surface area contributed by atoms with Crippen LogP contribution < -0.4 is 0 Å². The van der Waals surface area contributed by atoms with Crippen LogP contribution in [0.1, 0.15) is 92.8 Å². The van der Waals surface area contributed by atoms with E-state index in [0.29, 0.717) is 23.4 Å². The van der Waals surface area contributed by atoms with Crippen LogP contribution in [-0.2, 0) is 5.41 Å². The van der Waals surface area contributed by atoms with Crippen molar-refractivity contribution < 1.29 is 9.18 Å². The van der Waals surface area contributed by atoms with Crippen molar-refractivity contribution in [3.05, 3.63) is 70.8 Å². The maximum atomic E-state index is 15.4. The fourth-order valence-electron chi connectivity index (χ4n) is 5.97. The topological polar surface area (TPSA) is 44.1 Å². The molecular weight excluding hydrogens is 832 g/mol. The summed E-state index contributed by atoms with van der Waals surface area (Å²) in [5, 5.41) is 9.09. The van der Waals surface area contributed by atoms with Crippen molar-refractivity contribution in [3.8, 4) is 6.07 Å². The predicted octanol–water partition coefficient (Wildman–Crippen LogP) is 6.01. The predicted molar refractivity (Wildman–Crippen MR) is 144 cm³/mol. The van der Waals surface area contributed by atoms with Crippen molar-refractivity contribution in [2.75, 3.05) is 0 Å². The number of hydrogen-bond acceptors (Lipinski definition) is 2. The van der Waals surface area contributed by atoms with Gasteiger partial charge < -0.3 is 0 Å². The van der Waals surface area contributed by atoms with Gasteiger partial charge in [-0.15, -0.1) is 0 Å². The van der Waals surface area contributed by atoms with E-state index in [2.05, 4.69) is 50.8 Å². The molecular formula is C30H35FN2OTl2. The first kappa shape index (κ1) is 28.2. The first-order valence-electron chi connectivity index (χ1n) is 13.2. The van der Waals surface area contributed by atoms with Gasteiger partial charge in [-0.25, -0.2) is 0 Å². The number of hydrogen-bond donors (Lipinski definition) is 0. The van der Waals surface area contributed by atoms with E-state index in [1.807, 2.05) is 36.4 Å². The van der Waals surface area contributed by atoms with Gasteiger partial charge in [0.15, 0.2) is 0 Å². The molecule has 2 fully saturated rings. The number of nitriles is 1. The van der Waals surface area contributed by atoms with Gasteiger partial charge >= 0.3 is 203 Å². The van der Waals surface area contributed by atoms with Crippen LogP contribution in [0.15, 0.2) is 48.5 Å². The third-order valence-electron chi connectivity index (χ3n) is 8.85. The number of carbonyl (C=O) groups is 1. The quantitative estimate of drug-likeness (QED) is 0.321. The van der Waals surface area contributed by atoms with Crippen LogP contribution in [0.5, 0.6) is 0 Å². The fourth-order valence-corrected chi connectivity index (χ4v) is 9.86. The van der Waals surface area contributed by atoms with Gasteiger partial charge in [0.1, 0.15) is 0 Å². The van der Waals surface area contributed by atoms with Crippen LogP contribution in [0, 0.1) is 23.2 Å². The molecule has 6 heteroatoms. The molecule has 0 aromatic heterocycles. The Balaban J connectivity index is 1.51. The van der Waals surface area contributed by atoms with E-state index in [-0.39, 0.29) is 69.4 Å². The van der Waals surface area contributed by atoms with Crippen LogP contribution >= 0.6 is 0 Å².